The maximum Gasteiger partial charge on any atom is 0.255 e. The van der Waals surface area contributed by atoms with Gasteiger partial charge in [-0.15, -0.1) is 0 Å². The summed E-state index contributed by atoms with van der Waals surface area (Å²) in [5.41, 5.74) is 1.29. The average Bonchev–Trinajstić information content (AvgIpc) is 2.63. The highest BCUT2D eigenvalue weighted by Gasteiger charge is 2.19. The smallest absolute Gasteiger partial charge is 0.255 e. The van der Waals surface area contributed by atoms with Crippen molar-refractivity contribution >= 4 is 17.4 Å². The fourth-order valence-electron chi connectivity index (χ4n) is 2.80. The zero-order chi connectivity index (χ0) is 16.8. The summed E-state index contributed by atoms with van der Waals surface area (Å²) in [6.45, 7) is 1.82. The van der Waals surface area contributed by atoms with E-state index >= 15 is 0 Å². The van der Waals surface area contributed by atoms with Gasteiger partial charge in [0.1, 0.15) is 11.6 Å². The first-order chi connectivity index (χ1) is 11.8. The fourth-order valence-corrected chi connectivity index (χ4v) is 2.80. The third kappa shape index (κ3) is 3.83. The average molecular weight is 326 g/mol. The monoisotopic (exact) mass is 326 g/mol. The molecule has 6 nitrogen and oxygen atoms in total. The lowest BCUT2D eigenvalue weighted by Gasteiger charge is -2.24. The molecule has 3 N–H and O–H groups in total. The summed E-state index contributed by atoms with van der Waals surface area (Å²) in [7, 11) is 1.61. The van der Waals surface area contributed by atoms with E-state index in [0.717, 1.165) is 31.6 Å². The van der Waals surface area contributed by atoms with Gasteiger partial charge >= 0.3 is 0 Å². The molecule has 126 valence electrons. The first kappa shape index (κ1) is 16.3. The van der Waals surface area contributed by atoms with E-state index in [0.29, 0.717) is 17.1 Å². The van der Waals surface area contributed by atoms with Crippen LogP contribution in [0, 0.1) is 0 Å². The Bertz CT molecular complexity index is 699. The normalized spacial score (nSPS) is 17.1. The number of carbonyl (C=O) groups is 1. The van der Waals surface area contributed by atoms with Crippen LogP contribution in [0.2, 0.25) is 0 Å². The molecular weight excluding hydrogens is 304 g/mol. The molecule has 1 aliphatic heterocycles. The molecule has 1 aliphatic rings. The number of hydrogen-bond donors (Lipinski definition) is 3. The number of anilines is 2. The van der Waals surface area contributed by atoms with Crippen LogP contribution in [0.5, 0.6) is 5.75 Å². The van der Waals surface area contributed by atoms with Crippen molar-refractivity contribution in [1.29, 1.82) is 0 Å². The van der Waals surface area contributed by atoms with Crippen molar-refractivity contribution in [2.45, 2.75) is 18.9 Å². The van der Waals surface area contributed by atoms with Gasteiger partial charge in [-0.1, -0.05) is 12.1 Å². The Morgan fingerprint density at radius 3 is 2.96 bits per heavy atom. The Hall–Kier alpha value is -2.60. The second-order valence-corrected chi connectivity index (χ2v) is 5.74. The zero-order valence-electron chi connectivity index (χ0n) is 13.7. The van der Waals surface area contributed by atoms with Crippen molar-refractivity contribution in [3.63, 3.8) is 0 Å². The summed E-state index contributed by atoms with van der Waals surface area (Å²) in [5, 5.41) is 9.57. The summed E-state index contributed by atoms with van der Waals surface area (Å²) in [6.07, 6.45) is 3.73. The van der Waals surface area contributed by atoms with Crippen LogP contribution in [0.1, 0.15) is 23.2 Å². The minimum Gasteiger partial charge on any atom is -0.495 e. The molecule has 0 spiro atoms. The van der Waals surface area contributed by atoms with Crippen molar-refractivity contribution in [2.24, 2.45) is 0 Å². The topological polar surface area (TPSA) is 75.3 Å². The fraction of sp³-hybridized carbons (Fsp3) is 0.333. The number of aromatic nitrogens is 1. The second-order valence-electron chi connectivity index (χ2n) is 5.74. The highest BCUT2D eigenvalue weighted by Crippen LogP contribution is 2.27. The summed E-state index contributed by atoms with van der Waals surface area (Å²) in [6, 6.07) is 11.2. The van der Waals surface area contributed by atoms with Gasteiger partial charge in [0.15, 0.2) is 0 Å². The van der Waals surface area contributed by atoms with E-state index in [1.807, 2.05) is 24.3 Å². The number of piperidine rings is 1. The van der Waals surface area contributed by atoms with Crippen molar-refractivity contribution < 1.29 is 9.53 Å². The van der Waals surface area contributed by atoms with Gasteiger partial charge in [0.25, 0.3) is 5.91 Å². The molecule has 0 radical (unpaired) electrons. The number of benzene rings is 1. The highest BCUT2D eigenvalue weighted by atomic mass is 16.5. The Morgan fingerprint density at radius 1 is 1.29 bits per heavy atom. The van der Waals surface area contributed by atoms with E-state index in [4.69, 9.17) is 4.74 Å². The van der Waals surface area contributed by atoms with Crippen molar-refractivity contribution in [3.05, 3.63) is 48.2 Å². The summed E-state index contributed by atoms with van der Waals surface area (Å²) in [4.78, 5) is 16.9. The Labute approximate surface area is 141 Å². The van der Waals surface area contributed by atoms with Crippen LogP contribution in [0.3, 0.4) is 0 Å². The van der Waals surface area contributed by atoms with Crippen LogP contribution in [-0.4, -0.2) is 37.1 Å². The number of methoxy groups -OCH3 is 1. The zero-order valence-corrected chi connectivity index (χ0v) is 13.7. The molecule has 1 aromatic heterocycles. The van der Waals surface area contributed by atoms with E-state index in [-0.39, 0.29) is 11.9 Å². The molecule has 24 heavy (non-hydrogen) atoms. The quantitative estimate of drug-likeness (QED) is 0.786. The van der Waals surface area contributed by atoms with Gasteiger partial charge in [-0.3, -0.25) is 4.79 Å². The number of carbonyl (C=O) groups excluding carboxylic acids is 1. The van der Waals surface area contributed by atoms with Crippen LogP contribution in [0.25, 0.3) is 0 Å². The second kappa shape index (κ2) is 7.79. The number of hydrogen-bond acceptors (Lipinski definition) is 5. The summed E-state index contributed by atoms with van der Waals surface area (Å²) >= 11 is 0. The molecular formula is C18H22N4O2. The Balaban J connectivity index is 1.78. The molecule has 1 saturated heterocycles. The van der Waals surface area contributed by atoms with E-state index in [9.17, 15) is 4.79 Å². The number of pyridine rings is 1. The van der Waals surface area contributed by atoms with E-state index in [1.165, 1.54) is 0 Å². The minimum absolute atomic E-state index is 0.116. The first-order valence-corrected chi connectivity index (χ1v) is 8.14. The third-order valence-electron chi connectivity index (χ3n) is 4.04. The largest absolute Gasteiger partial charge is 0.495 e. The highest BCUT2D eigenvalue weighted by molar-refractivity contribution is 5.99. The number of amides is 1. The lowest BCUT2D eigenvalue weighted by molar-refractivity contribution is 0.0931. The Morgan fingerprint density at radius 2 is 2.17 bits per heavy atom. The molecule has 0 aliphatic carbocycles. The van der Waals surface area contributed by atoms with Crippen molar-refractivity contribution in [2.75, 3.05) is 25.5 Å². The number of rotatable bonds is 5. The predicted molar refractivity (Wildman–Crippen MR) is 93.9 cm³/mol. The molecule has 0 bridgehead atoms. The molecule has 2 heterocycles. The van der Waals surface area contributed by atoms with E-state index in [2.05, 4.69) is 20.9 Å². The van der Waals surface area contributed by atoms with Gasteiger partial charge in [0, 0.05) is 18.8 Å². The molecule has 1 fully saturated rings. The van der Waals surface area contributed by atoms with Gasteiger partial charge in [-0.05, 0) is 43.7 Å². The van der Waals surface area contributed by atoms with Gasteiger partial charge < -0.3 is 20.7 Å². The number of nitrogens with one attached hydrogen (secondary N) is 3. The maximum atomic E-state index is 12.6. The molecule has 0 saturated carbocycles. The van der Waals surface area contributed by atoms with Crippen LogP contribution in [-0.2, 0) is 0 Å². The van der Waals surface area contributed by atoms with Crippen LogP contribution in [0.4, 0.5) is 11.5 Å². The van der Waals surface area contributed by atoms with Crippen molar-refractivity contribution in [1.82, 2.24) is 15.6 Å². The number of para-hydroxylation sites is 2. The van der Waals surface area contributed by atoms with Gasteiger partial charge in [0.05, 0.1) is 18.4 Å². The van der Waals surface area contributed by atoms with Crippen LogP contribution in [0.15, 0.2) is 42.6 Å². The molecule has 6 heteroatoms. The molecule has 1 unspecified atom stereocenters. The number of ether oxygens (including phenoxy) is 1. The van der Waals surface area contributed by atoms with Gasteiger partial charge in [-0.25, -0.2) is 4.98 Å². The third-order valence-corrected chi connectivity index (χ3v) is 4.04. The predicted octanol–water partition coefficient (Wildman–Crippen LogP) is 2.32. The summed E-state index contributed by atoms with van der Waals surface area (Å²) < 4.78 is 5.34. The van der Waals surface area contributed by atoms with Gasteiger partial charge in [0.2, 0.25) is 0 Å². The maximum absolute atomic E-state index is 12.6. The van der Waals surface area contributed by atoms with Crippen molar-refractivity contribution in [3.8, 4) is 5.75 Å². The van der Waals surface area contributed by atoms with Crippen LogP contribution >= 0.6 is 0 Å². The van der Waals surface area contributed by atoms with E-state index in [1.54, 1.807) is 25.4 Å². The van der Waals surface area contributed by atoms with Gasteiger partial charge in [-0.2, -0.15) is 0 Å². The molecule has 1 amide bonds. The SMILES string of the molecule is COc1ccccc1Nc1ncccc1C(=O)NC1CCCNC1. The lowest BCUT2D eigenvalue weighted by atomic mass is 10.1. The van der Waals surface area contributed by atoms with E-state index < -0.39 is 0 Å². The first-order valence-electron chi connectivity index (χ1n) is 8.14. The standard InChI is InChI=1S/C18H22N4O2/c1-24-16-9-3-2-8-15(16)22-17-14(7-5-11-20-17)18(23)21-13-6-4-10-19-12-13/h2-3,5,7-9,11,13,19H,4,6,10,12H2,1H3,(H,20,22)(H,21,23). The lowest BCUT2D eigenvalue weighted by Crippen LogP contribution is -2.45. The number of nitrogens with zero attached hydrogens (tertiary/aromatic N) is 1. The summed E-state index contributed by atoms with van der Waals surface area (Å²) in [5.74, 6) is 1.10. The molecule has 3 rings (SSSR count). The minimum atomic E-state index is -0.116. The molecule has 2 aromatic rings. The van der Waals surface area contributed by atoms with Crippen LogP contribution < -0.4 is 20.7 Å². The molecule has 1 aromatic carbocycles. The Kier molecular flexibility index (Phi) is 5.28. The molecule has 1 atom stereocenters.